The zero-order chi connectivity index (χ0) is 15.2. The van der Waals surface area contributed by atoms with Gasteiger partial charge in [-0.3, -0.25) is 4.68 Å². The Labute approximate surface area is 132 Å². The molecule has 0 atom stereocenters. The van der Waals surface area contributed by atoms with Gasteiger partial charge in [0.1, 0.15) is 0 Å². The van der Waals surface area contributed by atoms with E-state index in [9.17, 15) is 0 Å². The topological polar surface area (TPSA) is 29.9 Å². The summed E-state index contributed by atoms with van der Waals surface area (Å²) in [5.41, 5.74) is 3.78. The van der Waals surface area contributed by atoms with E-state index in [2.05, 4.69) is 41.9 Å². The van der Waals surface area contributed by atoms with Gasteiger partial charge in [0, 0.05) is 22.8 Å². The van der Waals surface area contributed by atoms with Crippen molar-refractivity contribution in [3.63, 3.8) is 0 Å². The van der Waals surface area contributed by atoms with E-state index in [4.69, 9.17) is 11.6 Å². The van der Waals surface area contributed by atoms with Gasteiger partial charge in [-0.15, -0.1) is 0 Å². The summed E-state index contributed by atoms with van der Waals surface area (Å²) in [6.07, 6.45) is 3.14. The third-order valence-corrected chi connectivity index (χ3v) is 3.71. The van der Waals surface area contributed by atoms with Crippen LogP contribution in [0, 0.1) is 0 Å². The van der Waals surface area contributed by atoms with Crippen LogP contribution in [0.25, 0.3) is 0 Å². The fraction of sp³-hybridized carbons (Fsp3) is 0.471. The van der Waals surface area contributed by atoms with Crippen LogP contribution < -0.4 is 5.32 Å². The van der Waals surface area contributed by atoms with Gasteiger partial charge in [-0.05, 0) is 36.6 Å². The van der Waals surface area contributed by atoms with Crippen LogP contribution in [0.4, 0.5) is 0 Å². The second kappa shape index (κ2) is 7.62. The van der Waals surface area contributed by atoms with Crippen LogP contribution in [0.1, 0.15) is 49.9 Å². The molecule has 2 rings (SSSR count). The summed E-state index contributed by atoms with van der Waals surface area (Å²) in [4.78, 5) is 0. The monoisotopic (exact) mass is 305 g/mol. The predicted molar refractivity (Wildman–Crippen MR) is 88.9 cm³/mol. The minimum atomic E-state index is 0.449. The fourth-order valence-electron chi connectivity index (χ4n) is 2.57. The van der Waals surface area contributed by atoms with Crippen molar-refractivity contribution in [2.45, 2.75) is 46.2 Å². The maximum absolute atomic E-state index is 6.06. The quantitative estimate of drug-likeness (QED) is 0.777. The summed E-state index contributed by atoms with van der Waals surface area (Å²) in [7, 11) is 0. The third kappa shape index (κ3) is 4.32. The summed E-state index contributed by atoms with van der Waals surface area (Å²) in [5, 5.41) is 8.81. The van der Waals surface area contributed by atoms with Crippen LogP contribution in [0.5, 0.6) is 0 Å². The van der Waals surface area contributed by atoms with E-state index in [0.29, 0.717) is 5.92 Å². The molecule has 0 bridgehead atoms. The number of nitrogens with zero attached hydrogens (tertiary/aromatic N) is 2. The molecule has 0 amide bonds. The first kappa shape index (κ1) is 16.1. The highest BCUT2D eigenvalue weighted by molar-refractivity contribution is 6.30. The molecule has 0 saturated carbocycles. The van der Waals surface area contributed by atoms with Gasteiger partial charge in [0.25, 0.3) is 0 Å². The van der Waals surface area contributed by atoms with Crippen LogP contribution in [0.3, 0.4) is 0 Å². The van der Waals surface area contributed by atoms with E-state index in [1.54, 1.807) is 0 Å². The van der Waals surface area contributed by atoms with Crippen LogP contribution in [0.15, 0.2) is 30.5 Å². The molecule has 114 valence electrons. The van der Waals surface area contributed by atoms with E-state index in [-0.39, 0.29) is 0 Å². The van der Waals surface area contributed by atoms with Crippen molar-refractivity contribution < 1.29 is 0 Å². The molecule has 4 heteroatoms. The Hall–Kier alpha value is -1.32. The normalized spacial score (nSPS) is 11.3. The Bertz CT molecular complexity index is 575. The zero-order valence-corrected chi connectivity index (χ0v) is 13.8. The van der Waals surface area contributed by atoms with E-state index in [1.165, 1.54) is 16.8 Å². The van der Waals surface area contributed by atoms with Gasteiger partial charge in [0.2, 0.25) is 0 Å². The van der Waals surface area contributed by atoms with Crippen molar-refractivity contribution in [3.8, 4) is 0 Å². The molecule has 0 fully saturated rings. The average molecular weight is 306 g/mol. The zero-order valence-electron chi connectivity index (χ0n) is 13.1. The Morgan fingerprint density at radius 3 is 2.81 bits per heavy atom. The minimum absolute atomic E-state index is 0.449. The highest BCUT2D eigenvalue weighted by atomic mass is 35.5. The summed E-state index contributed by atoms with van der Waals surface area (Å²) in [6, 6.07) is 7.98. The SMILES string of the molecule is CCCNCc1cnn(Cc2cccc(Cl)c2)c1C(C)C. The highest BCUT2D eigenvalue weighted by Gasteiger charge is 2.14. The molecule has 1 heterocycles. The lowest BCUT2D eigenvalue weighted by Gasteiger charge is -2.13. The Kier molecular flexibility index (Phi) is 5.83. The number of hydrogen-bond donors (Lipinski definition) is 1. The lowest BCUT2D eigenvalue weighted by molar-refractivity contribution is 0.605. The molecule has 0 radical (unpaired) electrons. The van der Waals surface area contributed by atoms with Crippen LogP contribution in [-0.4, -0.2) is 16.3 Å². The van der Waals surface area contributed by atoms with Crippen LogP contribution in [0.2, 0.25) is 5.02 Å². The first-order valence-electron chi connectivity index (χ1n) is 7.61. The average Bonchev–Trinajstić information content (AvgIpc) is 2.82. The van der Waals surface area contributed by atoms with Gasteiger partial charge in [-0.25, -0.2) is 0 Å². The summed E-state index contributed by atoms with van der Waals surface area (Å²) >= 11 is 6.06. The Balaban J connectivity index is 2.19. The number of hydrogen-bond acceptors (Lipinski definition) is 2. The summed E-state index contributed by atoms with van der Waals surface area (Å²) in [5.74, 6) is 0.449. The van der Waals surface area contributed by atoms with Gasteiger partial charge in [0.05, 0.1) is 12.7 Å². The molecule has 1 aromatic heterocycles. The Morgan fingerprint density at radius 1 is 1.33 bits per heavy atom. The van der Waals surface area contributed by atoms with Crippen molar-refractivity contribution in [1.29, 1.82) is 0 Å². The van der Waals surface area contributed by atoms with Crippen molar-refractivity contribution in [3.05, 3.63) is 52.3 Å². The summed E-state index contributed by atoms with van der Waals surface area (Å²) < 4.78 is 2.10. The second-order valence-electron chi connectivity index (χ2n) is 5.67. The van der Waals surface area contributed by atoms with Crippen LogP contribution in [-0.2, 0) is 13.1 Å². The van der Waals surface area contributed by atoms with Gasteiger partial charge < -0.3 is 5.32 Å². The number of benzene rings is 1. The molecule has 0 unspecified atom stereocenters. The van der Waals surface area contributed by atoms with Crippen molar-refractivity contribution in [1.82, 2.24) is 15.1 Å². The predicted octanol–water partition coefficient (Wildman–Crippen LogP) is 4.21. The number of halogens is 1. The van der Waals surface area contributed by atoms with Crippen molar-refractivity contribution in [2.75, 3.05) is 6.54 Å². The lowest BCUT2D eigenvalue weighted by Crippen LogP contribution is -2.16. The first-order chi connectivity index (χ1) is 10.1. The first-order valence-corrected chi connectivity index (χ1v) is 7.99. The van der Waals surface area contributed by atoms with E-state index >= 15 is 0 Å². The van der Waals surface area contributed by atoms with E-state index in [0.717, 1.165) is 31.1 Å². The molecule has 0 saturated heterocycles. The largest absolute Gasteiger partial charge is 0.313 e. The third-order valence-electron chi connectivity index (χ3n) is 3.47. The highest BCUT2D eigenvalue weighted by Crippen LogP contribution is 2.21. The molecule has 1 N–H and O–H groups in total. The molecular formula is C17H24ClN3. The molecule has 0 aliphatic carbocycles. The van der Waals surface area contributed by atoms with Crippen LogP contribution >= 0.6 is 11.6 Å². The molecule has 1 aromatic carbocycles. The van der Waals surface area contributed by atoms with E-state index in [1.807, 2.05) is 24.4 Å². The molecule has 3 nitrogen and oxygen atoms in total. The standard InChI is InChI=1S/C17H24ClN3/c1-4-8-19-10-15-11-20-21(17(15)13(2)3)12-14-6-5-7-16(18)9-14/h5-7,9,11,13,19H,4,8,10,12H2,1-3H3. The van der Waals surface area contributed by atoms with Gasteiger partial charge in [-0.2, -0.15) is 5.10 Å². The minimum Gasteiger partial charge on any atom is -0.313 e. The fourth-order valence-corrected chi connectivity index (χ4v) is 2.79. The molecule has 2 aromatic rings. The van der Waals surface area contributed by atoms with Crippen molar-refractivity contribution >= 4 is 11.6 Å². The lowest BCUT2D eigenvalue weighted by atomic mass is 10.1. The maximum Gasteiger partial charge on any atom is 0.0663 e. The molecular weight excluding hydrogens is 282 g/mol. The second-order valence-corrected chi connectivity index (χ2v) is 6.11. The molecule has 21 heavy (non-hydrogen) atoms. The van der Waals surface area contributed by atoms with Gasteiger partial charge >= 0.3 is 0 Å². The van der Waals surface area contributed by atoms with Crippen molar-refractivity contribution in [2.24, 2.45) is 0 Å². The molecule has 0 spiro atoms. The Morgan fingerprint density at radius 2 is 2.14 bits per heavy atom. The number of aromatic nitrogens is 2. The van der Waals surface area contributed by atoms with Gasteiger partial charge in [0.15, 0.2) is 0 Å². The molecule has 0 aliphatic heterocycles. The van der Waals surface area contributed by atoms with E-state index < -0.39 is 0 Å². The molecule has 0 aliphatic rings. The summed E-state index contributed by atoms with van der Waals surface area (Å²) in [6.45, 7) is 9.30. The van der Waals surface area contributed by atoms with Gasteiger partial charge in [-0.1, -0.05) is 44.5 Å². The smallest absolute Gasteiger partial charge is 0.0663 e. The maximum atomic E-state index is 6.06. The number of nitrogens with one attached hydrogen (secondary N) is 1. The number of rotatable bonds is 7.